The molecule has 0 bridgehead atoms. The third kappa shape index (κ3) is 8.02. The van der Waals surface area contributed by atoms with Gasteiger partial charge >= 0.3 is 0 Å². The molecule has 1 aromatic rings. The Kier molecular flexibility index (Phi) is 10.4. The molecule has 0 aliphatic carbocycles. The molecule has 0 unspecified atom stereocenters. The number of guanidine groups is 1. The zero-order chi connectivity index (χ0) is 17.6. The summed E-state index contributed by atoms with van der Waals surface area (Å²) >= 11 is 0. The van der Waals surface area contributed by atoms with Gasteiger partial charge in [-0.25, -0.2) is 4.99 Å². The molecule has 5 nitrogen and oxygen atoms in total. The number of ether oxygens (including phenoxy) is 1. The number of nitrogens with zero attached hydrogens (tertiary/aromatic N) is 2. The van der Waals surface area contributed by atoms with Gasteiger partial charge in [-0.2, -0.15) is 0 Å². The molecule has 0 heterocycles. The Hall–Kier alpha value is -2.01. The Labute approximate surface area is 146 Å². The molecule has 0 aliphatic rings. The molecule has 5 heteroatoms. The van der Waals surface area contributed by atoms with E-state index in [2.05, 4.69) is 60.3 Å². The Bertz CT molecular complexity index is 485. The first-order valence-corrected chi connectivity index (χ1v) is 8.63. The molecule has 0 amide bonds. The number of nitrogens with one attached hydrogen (secondary N) is 2. The number of allylic oxidation sites excluding steroid dienone is 1. The lowest BCUT2D eigenvalue weighted by Crippen LogP contribution is -2.39. The van der Waals surface area contributed by atoms with Gasteiger partial charge in [0.25, 0.3) is 0 Å². The summed E-state index contributed by atoms with van der Waals surface area (Å²) in [6.07, 6.45) is 4.08. The number of anilines is 1. The number of hydrogen-bond acceptors (Lipinski definition) is 3. The van der Waals surface area contributed by atoms with Gasteiger partial charge in [-0.05, 0) is 37.5 Å². The van der Waals surface area contributed by atoms with E-state index in [1.807, 2.05) is 6.08 Å². The molecule has 0 atom stereocenters. The molecule has 0 aliphatic heterocycles. The molecular weight excluding hydrogens is 300 g/mol. The van der Waals surface area contributed by atoms with Crippen LogP contribution in [0.25, 0.3) is 0 Å². The van der Waals surface area contributed by atoms with Gasteiger partial charge in [0.1, 0.15) is 0 Å². The van der Waals surface area contributed by atoms with Crippen LogP contribution in [0, 0.1) is 0 Å². The largest absolute Gasteiger partial charge is 0.383 e. The van der Waals surface area contributed by atoms with Crippen molar-refractivity contribution in [1.82, 2.24) is 10.2 Å². The van der Waals surface area contributed by atoms with Gasteiger partial charge in [-0.3, -0.25) is 0 Å². The second kappa shape index (κ2) is 12.4. The maximum Gasteiger partial charge on any atom is 0.193 e. The van der Waals surface area contributed by atoms with Crippen LogP contribution in [0.1, 0.15) is 25.3 Å². The first-order valence-electron chi connectivity index (χ1n) is 8.63. The van der Waals surface area contributed by atoms with Gasteiger partial charge in [-0.1, -0.05) is 18.2 Å². The summed E-state index contributed by atoms with van der Waals surface area (Å²) in [6, 6.07) is 8.39. The van der Waals surface area contributed by atoms with E-state index in [1.54, 1.807) is 7.11 Å². The van der Waals surface area contributed by atoms with Crippen molar-refractivity contribution in [2.75, 3.05) is 45.7 Å². The smallest absolute Gasteiger partial charge is 0.193 e. The molecule has 0 spiro atoms. The average molecular weight is 332 g/mol. The van der Waals surface area contributed by atoms with Crippen molar-refractivity contribution in [3.8, 4) is 0 Å². The van der Waals surface area contributed by atoms with Crippen molar-refractivity contribution in [2.24, 2.45) is 4.99 Å². The molecule has 2 N–H and O–H groups in total. The van der Waals surface area contributed by atoms with E-state index in [0.717, 1.165) is 44.1 Å². The lowest BCUT2D eigenvalue weighted by atomic mass is 10.2. The van der Waals surface area contributed by atoms with E-state index in [4.69, 9.17) is 9.73 Å². The predicted octanol–water partition coefficient (Wildman–Crippen LogP) is 3.11. The third-order valence-electron chi connectivity index (χ3n) is 3.60. The highest BCUT2D eigenvalue weighted by Gasteiger charge is 2.04. The molecule has 0 aromatic heterocycles. The van der Waals surface area contributed by atoms with Crippen molar-refractivity contribution in [3.05, 3.63) is 42.5 Å². The fraction of sp³-hybridized carbons (Fsp3) is 0.526. The highest BCUT2D eigenvalue weighted by molar-refractivity contribution is 5.79. The lowest BCUT2D eigenvalue weighted by molar-refractivity contribution is 0.211. The average Bonchev–Trinajstić information content (AvgIpc) is 2.60. The minimum atomic E-state index is 0.673. The number of benzene rings is 1. The maximum absolute atomic E-state index is 5.04. The molecule has 24 heavy (non-hydrogen) atoms. The molecule has 1 aromatic carbocycles. The standard InChI is InChI=1S/C19H32N4O/c1-5-7-8-14-23(3)19(20-6-2)22-16-17-9-11-18(12-10-17)21-13-15-24-4/h5,9-12,21H,1,6-8,13-16H2,2-4H3,(H,20,22). The Morgan fingerprint density at radius 2 is 2.08 bits per heavy atom. The third-order valence-corrected chi connectivity index (χ3v) is 3.60. The van der Waals surface area contributed by atoms with Gasteiger partial charge < -0.3 is 20.3 Å². The minimum Gasteiger partial charge on any atom is -0.383 e. The van der Waals surface area contributed by atoms with Crippen LogP contribution < -0.4 is 10.6 Å². The van der Waals surface area contributed by atoms with Crippen molar-refractivity contribution >= 4 is 11.6 Å². The lowest BCUT2D eigenvalue weighted by Gasteiger charge is -2.21. The summed E-state index contributed by atoms with van der Waals surface area (Å²) in [7, 11) is 3.78. The van der Waals surface area contributed by atoms with E-state index in [-0.39, 0.29) is 0 Å². The van der Waals surface area contributed by atoms with Crippen LogP contribution in [0.4, 0.5) is 5.69 Å². The Morgan fingerprint density at radius 3 is 2.71 bits per heavy atom. The molecule has 0 radical (unpaired) electrons. The first kappa shape index (κ1) is 20.0. The fourth-order valence-corrected chi connectivity index (χ4v) is 2.24. The van der Waals surface area contributed by atoms with E-state index in [1.165, 1.54) is 5.56 Å². The zero-order valence-electron chi connectivity index (χ0n) is 15.3. The number of unbranched alkanes of at least 4 members (excludes halogenated alkanes) is 1. The summed E-state index contributed by atoms with van der Waals surface area (Å²) in [6.45, 7) is 9.89. The monoisotopic (exact) mass is 332 g/mol. The summed E-state index contributed by atoms with van der Waals surface area (Å²) in [5.74, 6) is 0.948. The van der Waals surface area contributed by atoms with Gasteiger partial charge in [0.2, 0.25) is 0 Å². The topological polar surface area (TPSA) is 48.9 Å². The first-order chi connectivity index (χ1) is 11.7. The summed E-state index contributed by atoms with van der Waals surface area (Å²) in [5, 5.41) is 6.66. The highest BCUT2D eigenvalue weighted by Crippen LogP contribution is 2.10. The molecule has 134 valence electrons. The highest BCUT2D eigenvalue weighted by atomic mass is 16.5. The SMILES string of the molecule is C=CCCCN(C)C(=NCc1ccc(NCCOC)cc1)NCC. The fourth-order valence-electron chi connectivity index (χ4n) is 2.24. The van der Waals surface area contributed by atoms with Crippen molar-refractivity contribution in [1.29, 1.82) is 0 Å². The molecule has 1 rings (SSSR count). The number of methoxy groups -OCH3 is 1. The second-order valence-electron chi connectivity index (χ2n) is 5.64. The van der Waals surface area contributed by atoms with Crippen molar-refractivity contribution < 1.29 is 4.74 Å². The minimum absolute atomic E-state index is 0.673. The maximum atomic E-state index is 5.04. The van der Waals surface area contributed by atoms with Crippen molar-refractivity contribution in [3.63, 3.8) is 0 Å². The zero-order valence-corrected chi connectivity index (χ0v) is 15.3. The second-order valence-corrected chi connectivity index (χ2v) is 5.64. The van der Waals surface area contributed by atoms with Crippen LogP contribution in [-0.4, -0.2) is 51.3 Å². The van der Waals surface area contributed by atoms with E-state index >= 15 is 0 Å². The summed E-state index contributed by atoms with van der Waals surface area (Å²) in [5.41, 5.74) is 2.30. The van der Waals surface area contributed by atoms with Gasteiger partial charge in [0.15, 0.2) is 5.96 Å². The summed E-state index contributed by atoms with van der Waals surface area (Å²) < 4.78 is 5.04. The number of rotatable bonds is 11. The van der Waals surface area contributed by atoms with E-state index < -0.39 is 0 Å². The molecule has 0 saturated carbocycles. The van der Waals surface area contributed by atoms with E-state index in [9.17, 15) is 0 Å². The normalized spacial score (nSPS) is 11.2. The molecule has 0 saturated heterocycles. The van der Waals surface area contributed by atoms with Crippen LogP contribution in [0.5, 0.6) is 0 Å². The van der Waals surface area contributed by atoms with Gasteiger partial charge in [0, 0.05) is 39.5 Å². The quantitative estimate of drug-likeness (QED) is 0.283. The van der Waals surface area contributed by atoms with E-state index in [0.29, 0.717) is 13.2 Å². The predicted molar refractivity (Wildman–Crippen MR) is 104 cm³/mol. The molecular formula is C19H32N4O. The number of hydrogen-bond donors (Lipinski definition) is 2. The van der Waals surface area contributed by atoms with Crippen LogP contribution in [0.15, 0.2) is 41.9 Å². The molecule has 0 fully saturated rings. The Morgan fingerprint density at radius 1 is 1.33 bits per heavy atom. The summed E-state index contributed by atoms with van der Waals surface area (Å²) in [4.78, 5) is 6.91. The van der Waals surface area contributed by atoms with Crippen LogP contribution in [0.2, 0.25) is 0 Å². The van der Waals surface area contributed by atoms with Gasteiger partial charge in [0.05, 0.1) is 13.2 Å². The van der Waals surface area contributed by atoms with Crippen LogP contribution in [0.3, 0.4) is 0 Å². The number of aliphatic imine (C=N–C) groups is 1. The Balaban J connectivity index is 2.56. The van der Waals surface area contributed by atoms with Crippen molar-refractivity contribution in [2.45, 2.75) is 26.3 Å². The van der Waals surface area contributed by atoms with Crippen LogP contribution in [-0.2, 0) is 11.3 Å². The van der Waals surface area contributed by atoms with Gasteiger partial charge in [-0.15, -0.1) is 6.58 Å². The van der Waals surface area contributed by atoms with Crippen LogP contribution >= 0.6 is 0 Å².